The van der Waals surface area contributed by atoms with Crippen molar-refractivity contribution in [3.63, 3.8) is 0 Å². The van der Waals surface area contributed by atoms with Gasteiger partial charge in [0.15, 0.2) is 20.4 Å². The highest BCUT2D eigenvalue weighted by molar-refractivity contribution is 6.74. The summed E-state index contributed by atoms with van der Waals surface area (Å²) in [5.41, 5.74) is 3.05. The number of aromatic carboxylic acids is 1. The summed E-state index contributed by atoms with van der Waals surface area (Å²) in [4.78, 5) is 28.7. The molecule has 0 amide bonds. The average molecular weight is 679 g/mol. The summed E-state index contributed by atoms with van der Waals surface area (Å²) in [6.45, 7) is 15.1. The molecule has 0 spiro atoms. The van der Waals surface area contributed by atoms with E-state index in [9.17, 15) is 9.90 Å². The summed E-state index contributed by atoms with van der Waals surface area (Å²) in [6.07, 6.45) is 6.50. The van der Waals surface area contributed by atoms with E-state index in [4.69, 9.17) is 18.7 Å². The molecule has 0 aliphatic carbocycles. The van der Waals surface area contributed by atoms with Gasteiger partial charge in [-0.1, -0.05) is 57.1 Å². The van der Waals surface area contributed by atoms with Crippen molar-refractivity contribution < 1.29 is 33.0 Å². The van der Waals surface area contributed by atoms with Gasteiger partial charge in [0.1, 0.15) is 5.82 Å². The van der Waals surface area contributed by atoms with Crippen LogP contribution in [0.5, 0.6) is 5.75 Å². The lowest BCUT2D eigenvalue weighted by Gasteiger charge is -2.36. The van der Waals surface area contributed by atoms with E-state index in [2.05, 4.69) is 49.0 Å². The van der Waals surface area contributed by atoms with Crippen LogP contribution in [0.4, 0.5) is 10.3 Å². The number of benzene rings is 2. The number of carboxylic acids is 1. The molecule has 1 N–H and O–H groups in total. The third kappa shape index (κ3) is 8.65. The van der Waals surface area contributed by atoms with Gasteiger partial charge in [0, 0.05) is 41.3 Å². The smallest absolute Gasteiger partial charge is 0.336 e. The first-order valence-corrected chi connectivity index (χ1v) is 19.5. The second-order valence-corrected chi connectivity index (χ2v) is 19.0. The van der Waals surface area contributed by atoms with Crippen molar-refractivity contribution >= 4 is 25.9 Å². The van der Waals surface area contributed by atoms with Crippen LogP contribution in [0.3, 0.4) is 0 Å². The molecule has 10 nitrogen and oxygen atoms in total. The van der Waals surface area contributed by atoms with E-state index >= 15 is 4.39 Å². The molecule has 2 aliphatic heterocycles. The molecule has 0 radical (unpaired) electrons. The van der Waals surface area contributed by atoms with E-state index in [0.29, 0.717) is 66.7 Å². The predicted molar refractivity (Wildman–Crippen MR) is 186 cm³/mol. The SMILES string of the molecule is CC(COC1CCCCO1)Cc1c(ON=C2CN(c3ncc(-c4cccc(CO[Si](C)(C)C(C)(C)C)c4F)cn3)C2)cccc1C(=O)O. The Morgan fingerprint density at radius 1 is 1.15 bits per heavy atom. The van der Waals surface area contributed by atoms with Gasteiger partial charge in [0.2, 0.25) is 5.95 Å². The van der Waals surface area contributed by atoms with Gasteiger partial charge < -0.3 is 28.7 Å². The highest BCUT2D eigenvalue weighted by atomic mass is 28.4. The predicted octanol–water partition coefficient (Wildman–Crippen LogP) is 7.48. The number of aromatic nitrogens is 2. The second kappa shape index (κ2) is 15.2. The topological polar surface area (TPSA) is 116 Å². The van der Waals surface area contributed by atoms with Gasteiger partial charge in [-0.2, -0.15) is 0 Å². The molecule has 2 saturated heterocycles. The van der Waals surface area contributed by atoms with Gasteiger partial charge in [-0.15, -0.1) is 0 Å². The van der Waals surface area contributed by atoms with Crippen molar-refractivity contribution in [2.24, 2.45) is 11.1 Å². The minimum absolute atomic E-state index is 0.0329. The zero-order valence-electron chi connectivity index (χ0n) is 28.8. The summed E-state index contributed by atoms with van der Waals surface area (Å²) in [6, 6.07) is 10.3. The summed E-state index contributed by atoms with van der Waals surface area (Å²) in [7, 11) is -2.03. The number of anilines is 1. The second-order valence-electron chi connectivity index (χ2n) is 14.2. The molecule has 2 aromatic carbocycles. The molecule has 3 aromatic rings. The summed E-state index contributed by atoms with van der Waals surface area (Å²) < 4.78 is 33.4. The fraction of sp³-hybridized carbons (Fsp3) is 0.500. The Kier molecular flexibility index (Phi) is 11.3. The van der Waals surface area contributed by atoms with Crippen molar-refractivity contribution in [1.82, 2.24) is 9.97 Å². The van der Waals surface area contributed by atoms with Crippen LogP contribution in [0, 0.1) is 11.7 Å². The lowest BCUT2D eigenvalue weighted by Crippen LogP contribution is -2.48. The van der Waals surface area contributed by atoms with Crippen LogP contribution in [0.25, 0.3) is 11.1 Å². The van der Waals surface area contributed by atoms with E-state index in [1.807, 2.05) is 17.9 Å². The molecule has 0 saturated carbocycles. The molecule has 48 heavy (non-hydrogen) atoms. The summed E-state index contributed by atoms with van der Waals surface area (Å²) in [5.74, 6) is -0.402. The van der Waals surface area contributed by atoms with Crippen LogP contribution < -0.4 is 9.74 Å². The molecule has 0 bridgehead atoms. The van der Waals surface area contributed by atoms with Crippen molar-refractivity contribution in [3.05, 3.63) is 71.3 Å². The monoisotopic (exact) mass is 678 g/mol. The summed E-state index contributed by atoms with van der Waals surface area (Å²) >= 11 is 0. The maximum atomic E-state index is 15.5. The number of hydrogen-bond acceptors (Lipinski definition) is 9. The molecule has 2 unspecified atom stereocenters. The van der Waals surface area contributed by atoms with Gasteiger partial charge in [0.25, 0.3) is 0 Å². The van der Waals surface area contributed by atoms with E-state index in [1.54, 1.807) is 42.7 Å². The van der Waals surface area contributed by atoms with E-state index < -0.39 is 14.3 Å². The minimum atomic E-state index is -2.03. The first-order chi connectivity index (χ1) is 22.8. The number of rotatable bonds is 13. The van der Waals surface area contributed by atoms with Gasteiger partial charge in [-0.05, 0) is 61.9 Å². The molecule has 2 atom stereocenters. The first kappa shape index (κ1) is 35.6. The molecule has 1 aromatic heterocycles. The maximum Gasteiger partial charge on any atom is 0.336 e. The summed E-state index contributed by atoms with van der Waals surface area (Å²) in [5, 5.41) is 14.2. The number of halogens is 1. The lowest BCUT2D eigenvalue weighted by molar-refractivity contribution is -0.168. The molecule has 12 heteroatoms. The highest BCUT2D eigenvalue weighted by Crippen LogP contribution is 2.37. The quantitative estimate of drug-likeness (QED) is 0.145. The van der Waals surface area contributed by atoms with Gasteiger partial charge >= 0.3 is 5.97 Å². The molecular formula is C36H47FN4O6Si. The standard InChI is InChI=1S/C36H47FN4O6Si/c1-24(22-45-32-15-7-8-16-44-32)17-30-29(34(42)43)13-10-14-31(30)47-40-27-20-41(21-27)35-38-18-26(19-39-35)28-12-9-11-25(33(28)37)23-46-48(5,6)36(2,3)4/h9-14,18-19,24,32H,7-8,15-17,20-23H2,1-6H3,(H,42,43). The zero-order valence-corrected chi connectivity index (χ0v) is 29.8. The Morgan fingerprint density at radius 3 is 2.54 bits per heavy atom. The number of oxime groups is 1. The fourth-order valence-corrected chi connectivity index (χ4v) is 6.25. The van der Waals surface area contributed by atoms with Crippen LogP contribution in [-0.2, 0) is 26.9 Å². The largest absolute Gasteiger partial charge is 0.478 e. The number of carboxylic acid groups (broad SMARTS) is 1. The third-order valence-corrected chi connectivity index (χ3v) is 13.8. The molecule has 258 valence electrons. The number of nitrogens with zero attached hydrogens (tertiary/aromatic N) is 4. The van der Waals surface area contributed by atoms with E-state index in [0.717, 1.165) is 25.0 Å². The highest BCUT2D eigenvalue weighted by Gasteiger charge is 2.37. The molecule has 5 rings (SSSR count). The minimum Gasteiger partial charge on any atom is -0.478 e. The first-order valence-electron chi connectivity index (χ1n) is 16.6. The number of carbonyl (C=O) groups is 1. The molecule has 2 fully saturated rings. The number of ether oxygens (including phenoxy) is 2. The van der Waals surface area contributed by atoms with Crippen molar-refractivity contribution in [3.8, 4) is 16.9 Å². The Hall–Kier alpha value is -3.71. The van der Waals surface area contributed by atoms with Crippen molar-refractivity contribution in [1.29, 1.82) is 0 Å². The number of hydrogen-bond donors (Lipinski definition) is 1. The van der Waals surface area contributed by atoms with Crippen LogP contribution in [-0.4, -0.2) is 67.7 Å². The molecular weight excluding hydrogens is 632 g/mol. The van der Waals surface area contributed by atoms with Crippen molar-refractivity contribution in [2.45, 2.75) is 84.4 Å². The van der Waals surface area contributed by atoms with Gasteiger partial charge in [-0.25, -0.2) is 19.2 Å². The van der Waals surface area contributed by atoms with Crippen LogP contribution >= 0.6 is 0 Å². The van der Waals surface area contributed by atoms with Crippen LogP contribution in [0.1, 0.15) is 68.4 Å². The molecule has 2 aliphatic rings. The maximum absolute atomic E-state index is 15.5. The Morgan fingerprint density at radius 2 is 1.88 bits per heavy atom. The normalized spacial score (nSPS) is 17.5. The van der Waals surface area contributed by atoms with Crippen molar-refractivity contribution in [2.75, 3.05) is 31.2 Å². The third-order valence-electron chi connectivity index (χ3n) is 9.35. The Balaban J connectivity index is 1.19. The lowest BCUT2D eigenvalue weighted by atomic mass is 9.96. The van der Waals surface area contributed by atoms with Gasteiger partial charge in [0.05, 0.1) is 37.6 Å². The van der Waals surface area contributed by atoms with E-state index in [-0.39, 0.29) is 35.2 Å². The van der Waals surface area contributed by atoms with E-state index in [1.165, 1.54) is 0 Å². The van der Waals surface area contributed by atoms with Crippen LogP contribution in [0.15, 0.2) is 53.9 Å². The Labute approximate surface area is 283 Å². The van der Waals surface area contributed by atoms with Crippen LogP contribution in [0.2, 0.25) is 18.1 Å². The fourth-order valence-electron chi connectivity index (χ4n) is 5.30. The van der Waals surface area contributed by atoms with Gasteiger partial charge in [-0.3, -0.25) is 0 Å². The molecule has 3 heterocycles. The Bertz CT molecular complexity index is 1600. The average Bonchev–Trinajstić information content (AvgIpc) is 3.03. The zero-order chi connectivity index (χ0) is 34.5.